The van der Waals surface area contributed by atoms with E-state index in [9.17, 15) is 0 Å². The van der Waals surface area contributed by atoms with Gasteiger partial charge in [-0.1, -0.05) is 138 Å². The number of fused-ring (bicyclic) bond motifs is 1. The van der Waals surface area contributed by atoms with Gasteiger partial charge in [-0.05, 0) is 92.5 Å². The summed E-state index contributed by atoms with van der Waals surface area (Å²) in [5, 5.41) is 0. The zero-order chi connectivity index (χ0) is 32.8. The molecule has 0 spiro atoms. The van der Waals surface area contributed by atoms with Gasteiger partial charge < -0.3 is 4.98 Å². The Morgan fingerprint density at radius 2 is 1.15 bits per heavy atom. The molecule has 0 saturated heterocycles. The largest absolute Gasteiger partial charge is 0.354 e. The van der Waals surface area contributed by atoms with E-state index in [0.29, 0.717) is 0 Å². The van der Waals surface area contributed by atoms with Gasteiger partial charge in [-0.25, -0.2) is 4.99 Å². The summed E-state index contributed by atoms with van der Waals surface area (Å²) >= 11 is 0. The first-order valence-corrected chi connectivity index (χ1v) is 17.1. The molecular formula is C46H40N2. The standard InChI is InChI=1S/C46H40N2/c1-29-11-19-34(20-12-29)40-27-42(36-23-15-31(3)16-24-36)47-45(40)44(39-10-6-8-33-7-5-9-38(33)39)46-41(35-21-13-30(2)14-22-35)28-43(48-46)37-25-17-32(4)18-26-37/h6,8,10-28,47H,5,7,9H2,1-4H3/b46-44-. The Morgan fingerprint density at radius 3 is 1.77 bits per heavy atom. The molecule has 1 aromatic heterocycles. The number of aryl methyl sites for hydroxylation is 5. The Kier molecular flexibility index (Phi) is 7.65. The van der Waals surface area contributed by atoms with Crippen molar-refractivity contribution in [3.63, 3.8) is 0 Å². The van der Waals surface area contributed by atoms with Gasteiger partial charge in [0.1, 0.15) is 0 Å². The van der Waals surface area contributed by atoms with E-state index >= 15 is 0 Å². The molecule has 1 aliphatic heterocycles. The summed E-state index contributed by atoms with van der Waals surface area (Å²) in [6.45, 7) is 8.58. The molecule has 0 bridgehead atoms. The molecule has 2 heterocycles. The summed E-state index contributed by atoms with van der Waals surface area (Å²) in [6.07, 6.45) is 5.67. The Bertz CT molecular complexity index is 2240. The maximum Gasteiger partial charge on any atom is 0.0815 e. The van der Waals surface area contributed by atoms with Crippen LogP contribution in [-0.2, 0) is 12.8 Å². The molecule has 0 fully saturated rings. The fourth-order valence-corrected chi connectivity index (χ4v) is 7.17. The molecule has 0 saturated carbocycles. The van der Waals surface area contributed by atoms with Crippen LogP contribution in [0.4, 0.5) is 0 Å². The van der Waals surface area contributed by atoms with E-state index < -0.39 is 0 Å². The van der Waals surface area contributed by atoms with Gasteiger partial charge in [-0.15, -0.1) is 0 Å². The van der Waals surface area contributed by atoms with E-state index in [1.165, 1.54) is 67.6 Å². The van der Waals surface area contributed by atoms with Gasteiger partial charge in [0.25, 0.3) is 0 Å². The van der Waals surface area contributed by atoms with Crippen LogP contribution in [0, 0.1) is 27.7 Å². The van der Waals surface area contributed by atoms with Crippen molar-refractivity contribution in [1.82, 2.24) is 4.98 Å². The summed E-state index contributed by atoms with van der Waals surface area (Å²) in [5.41, 5.74) is 21.6. The monoisotopic (exact) mass is 620 g/mol. The van der Waals surface area contributed by atoms with E-state index in [1.54, 1.807) is 0 Å². The summed E-state index contributed by atoms with van der Waals surface area (Å²) < 4.78 is 0. The number of allylic oxidation sites excluding steroid dienone is 2. The number of H-pyrrole nitrogens is 1. The number of benzene rings is 5. The smallest absolute Gasteiger partial charge is 0.0815 e. The SMILES string of the molecule is Cc1ccc(C2=CC(c3ccc(C)cc3)=N/C2=C(/c2cccc3c2CCC3)c2[nH]c(-c3ccc(C)cc3)cc2-c2ccc(C)cc2)cc1. The van der Waals surface area contributed by atoms with Crippen LogP contribution >= 0.6 is 0 Å². The highest BCUT2D eigenvalue weighted by Crippen LogP contribution is 2.45. The molecular weight excluding hydrogens is 581 g/mol. The van der Waals surface area contributed by atoms with E-state index in [1.807, 2.05) is 0 Å². The van der Waals surface area contributed by atoms with Gasteiger partial charge in [-0.2, -0.15) is 0 Å². The van der Waals surface area contributed by atoms with Crippen LogP contribution in [0.1, 0.15) is 62.2 Å². The number of nitrogens with zero attached hydrogens (tertiary/aromatic N) is 1. The van der Waals surface area contributed by atoms with Crippen LogP contribution in [0.3, 0.4) is 0 Å². The molecule has 2 aliphatic rings. The van der Waals surface area contributed by atoms with Crippen molar-refractivity contribution in [3.05, 3.63) is 189 Å². The van der Waals surface area contributed by atoms with Crippen molar-refractivity contribution in [2.45, 2.75) is 47.0 Å². The van der Waals surface area contributed by atoms with Crippen LogP contribution in [0.25, 0.3) is 33.5 Å². The molecule has 5 aromatic carbocycles. The topological polar surface area (TPSA) is 28.1 Å². The van der Waals surface area contributed by atoms with Gasteiger partial charge in [0.2, 0.25) is 0 Å². The second-order valence-corrected chi connectivity index (χ2v) is 13.5. The molecule has 0 radical (unpaired) electrons. The van der Waals surface area contributed by atoms with Crippen molar-refractivity contribution >= 4 is 16.9 Å². The normalized spacial score (nSPS) is 14.9. The lowest BCUT2D eigenvalue weighted by molar-refractivity contribution is 0.911. The van der Waals surface area contributed by atoms with Crippen molar-refractivity contribution in [3.8, 4) is 22.4 Å². The van der Waals surface area contributed by atoms with Crippen LogP contribution in [0.2, 0.25) is 0 Å². The maximum absolute atomic E-state index is 5.57. The molecule has 0 amide bonds. The fraction of sp³-hybridized carbons (Fsp3) is 0.152. The molecule has 1 N–H and O–H groups in total. The highest BCUT2D eigenvalue weighted by molar-refractivity contribution is 6.20. The first kappa shape index (κ1) is 29.9. The number of hydrogen-bond acceptors (Lipinski definition) is 1. The summed E-state index contributed by atoms with van der Waals surface area (Å²) in [4.78, 5) is 9.56. The number of rotatable bonds is 6. The van der Waals surface area contributed by atoms with Crippen LogP contribution < -0.4 is 0 Å². The third-order valence-corrected chi connectivity index (χ3v) is 9.92. The number of aliphatic imine (C=N–C) groups is 1. The van der Waals surface area contributed by atoms with Crippen molar-refractivity contribution in [2.75, 3.05) is 0 Å². The predicted molar refractivity (Wildman–Crippen MR) is 202 cm³/mol. The van der Waals surface area contributed by atoms with Crippen molar-refractivity contribution < 1.29 is 0 Å². The van der Waals surface area contributed by atoms with Gasteiger partial charge in [0.05, 0.1) is 17.1 Å². The van der Waals surface area contributed by atoms with Crippen LogP contribution in [0.5, 0.6) is 0 Å². The molecule has 234 valence electrons. The average Bonchev–Trinajstić information content (AvgIpc) is 3.86. The zero-order valence-corrected chi connectivity index (χ0v) is 28.2. The summed E-state index contributed by atoms with van der Waals surface area (Å²) in [7, 11) is 0. The first-order chi connectivity index (χ1) is 23.4. The van der Waals surface area contributed by atoms with Crippen molar-refractivity contribution in [2.24, 2.45) is 4.99 Å². The quantitative estimate of drug-likeness (QED) is 0.192. The second-order valence-electron chi connectivity index (χ2n) is 13.5. The number of aromatic nitrogens is 1. The lowest BCUT2D eigenvalue weighted by Gasteiger charge is -2.18. The van der Waals surface area contributed by atoms with Gasteiger partial charge in [0.15, 0.2) is 0 Å². The van der Waals surface area contributed by atoms with Crippen LogP contribution in [0.15, 0.2) is 138 Å². The molecule has 0 unspecified atom stereocenters. The second kappa shape index (κ2) is 12.3. The van der Waals surface area contributed by atoms with Crippen molar-refractivity contribution in [1.29, 1.82) is 0 Å². The molecule has 48 heavy (non-hydrogen) atoms. The van der Waals surface area contributed by atoms with E-state index in [2.05, 4.69) is 160 Å². The first-order valence-electron chi connectivity index (χ1n) is 17.1. The fourth-order valence-electron chi connectivity index (χ4n) is 7.17. The van der Waals surface area contributed by atoms with E-state index in [0.717, 1.165) is 52.3 Å². The zero-order valence-electron chi connectivity index (χ0n) is 28.2. The minimum atomic E-state index is 0.993. The third-order valence-electron chi connectivity index (χ3n) is 9.92. The molecule has 0 atom stereocenters. The third kappa shape index (κ3) is 5.58. The van der Waals surface area contributed by atoms with E-state index in [4.69, 9.17) is 4.99 Å². The Morgan fingerprint density at radius 1 is 0.583 bits per heavy atom. The number of aromatic amines is 1. The lowest BCUT2D eigenvalue weighted by Crippen LogP contribution is -2.01. The Hall–Kier alpha value is -5.47. The molecule has 2 nitrogen and oxygen atoms in total. The summed E-state index contributed by atoms with van der Waals surface area (Å²) in [5.74, 6) is 0. The molecule has 2 heteroatoms. The minimum Gasteiger partial charge on any atom is -0.354 e. The van der Waals surface area contributed by atoms with Gasteiger partial charge in [-0.3, -0.25) is 0 Å². The lowest BCUT2D eigenvalue weighted by atomic mass is 9.87. The Labute approximate surface area is 284 Å². The average molecular weight is 621 g/mol. The van der Waals surface area contributed by atoms with Gasteiger partial charge in [0, 0.05) is 28.0 Å². The number of hydrogen-bond donors (Lipinski definition) is 1. The molecule has 6 aromatic rings. The number of nitrogens with one attached hydrogen (secondary N) is 1. The summed E-state index contributed by atoms with van der Waals surface area (Å²) in [6, 6.07) is 44.6. The Balaban J connectivity index is 1.46. The highest BCUT2D eigenvalue weighted by Gasteiger charge is 2.29. The van der Waals surface area contributed by atoms with E-state index in [-0.39, 0.29) is 0 Å². The molecule has 1 aliphatic carbocycles. The molecule has 8 rings (SSSR count). The predicted octanol–water partition coefficient (Wildman–Crippen LogP) is 11.4. The van der Waals surface area contributed by atoms with Gasteiger partial charge >= 0.3 is 0 Å². The maximum atomic E-state index is 5.57. The highest BCUT2D eigenvalue weighted by atomic mass is 14.8. The van der Waals surface area contributed by atoms with Crippen LogP contribution in [-0.4, -0.2) is 10.7 Å². The minimum absolute atomic E-state index is 0.993.